The van der Waals surface area contributed by atoms with Crippen molar-refractivity contribution in [3.63, 3.8) is 0 Å². The minimum Gasteiger partial charge on any atom is -0.497 e. The highest BCUT2D eigenvalue weighted by Gasteiger charge is 2.23. The first kappa shape index (κ1) is 13.4. The molecule has 0 heterocycles. The number of methoxy groups -OCH3 is 1. The summed E-state index contributed by atoms with van der Waals surface area (Å²) in [6.45, 7) is 7.99. The van der Waals surface area contributed by atoms with Gasteiger partial charge in [0.1, 0.15) is 5.75 Å². The van der Waals surface area contributed by atoms with Gasteiger partial charge >= 0.3 is 0 Å². The molecule has 0 saturated heterocycles. The molecule has 1 aliphatic rings. The van der Waals surface area contributed by atoms with Crippen molar-refractivity contribution in [3.05, 3.63) is 29.3 Å². The average Bonchev–Trinajstić information content (AvgIpc) is 2.77. The second kappa shape index (κ2) is 5.75. The molecule has 0 aromatic heterocycles. The Bertz CT molecular complexity index is 400. The van der Waals surface area contributed by atoms with Crippen LogP contribution >= 0.6 is 0 Å². The van der Waals surface area contributed by atoms with Gasteiger partial charge in [-0.2, -0.15) is 0 Å². The highest BCUT2D eigenvalue weighted by molar-refractivity contribution is 5.40. The van der Waals surface area contributed by atoms with Crippen LogP contribution in [-0.4, -0.2) is 13.7 Å². The summed E-state index contributed by atoms with van der Waals surface area (Å²) in [5.41, 5.74) is 2.91. The molecule has 0 fully saturated rings. The molecule has 1 N–H and O–H groups in total. The molecular weight excluding hydrogens is 222 g/mol. The third-order valence-electron chi connectivity index (χ3n) is 4.26. The highest BCUT2D eigenvalue weighted by Crippen LogP contribution is 2.33. The smallest absolute Gasteiger partial charge is 0.119 e. The zero-order valence-corrected chi connectivity index (χ0v) is 12.0. The summed E-state index contributed by atoms with van der Waals surface area (Å²) in [6.07, 6.45) is 2.40. The van der Waals surface area contributed by atoms with Crippen LogP contribution in [0.5, 0.6) is 5.75 Å². The maximum absolute atomic E-state index is 5.32. The number of fused-ring (bicyclic) bond motifs is 1. The van der Waals surface area contributed by atoms with Gasteiger partial charge in [0.25, 0.3) is 0 Å². The second-order valence-electron chi connectivity index (χ2n) is 5.79. The van der Waals surface area contributed by atoms with Gasteiger partial charge in [-0.25, -0.2) is 0 Å². The van der Waals surface area contributed by atoms with Crippen LogP contribution in [0.1, 0.15) is 44.4 Å². The summed E-state index contributed by atoms with van der Waals surface area (Å²) < 4.78 is 5.32. The van der Waals surface area contributed by atoms with Crippen LogP contribution in [0.15, 0.2) is 18.2 Å². The first-order valence-electron chi connectivity index (χ1n) is 7.02. The van der Waals surface area contributed by atoms with Crippen LogP contribution in [-0.2, 0) is 6.42 Å². The van der Waals surface area contributed by atoms with E-state index in [-0.39, 0.29) is 0 Å². The highest BCUT2D eigenvalue weighted by atomic mass is 16.5. The minimum atomic E-state index is 0.510. The number of hydrogen-bond acceptors (Lipinski definition) is 2. The van der Waals surface area contributed by atoms with Gasteiger partial charge in [0.2, 0.25) is 0 Å². The van der Waals surface area contributed by atoms with Crippen molar-refractivity contribution < 1.29 is 4.74 Å². The van der Waals surface area contributed by atoms with E-state index in [1.54, 1.807) is 7.11 Å². The van der Waals surface area contributed by atoms with Gasteiger partial charge in [0.05, 0.1) is 7.11 Å². The number of aryl methyl sites for hydroxylation is 1. The molecule has 0 saturated carbocycles. The van der Waals surface area contributed by atoms with Gasteiger partial charge in [-0.15, -0.1) is 0 Å². The van der Waals surface area contributed by atoms with Crippen LogP contribution < -0.4 is 10.1 Å². The minimum absolute atomic E-state index is 0.510. The second-order valence-corrected chi connectivity index (χ2v) is 5.79. The zero-order valence-electron chi connectivity index (χ0n) is 12.0. The molecule has 2 rings (SSSR count). The van der Waals surface area contributed by atoms with Crippen LogP contribution in [0.25, 0.3) is 0 Å². The summed E-state index contributed by atoms with van der Waals surface area (Å²) in [6, 6.07) is 6.98. The van der Waals surface area contributed by atoms with E-state index in [0.717, 1.165) is 24.1 Å². The Kier molecular flexibility index (Phi) is 4.28. The molecule has 100 valence electrons. The molecule has 1 aromatic carbocycles. The molecule has 18 heavy (non-hydrogen) atoms. The Balaban J connectivity index is 2.02. The molecule has 0 spiro atoms. The largest absolute Gasteiger partial charge is 0.497 e. The fourth-order valence-corrected chi connectivity index (χ4v) is 2.48. The summed E-state index contributed by atoms with van der Waals surface area (Å²) in [5, 5.41) is 3.71. The average molecular weight is 247 g/mol. The van der Waals surface area contributed by atoms with Crippen molar-refractivity contribution in [3.8, 4) is 5.75 Å². The van der Waals surface area contributed by atoms with E-state index in [2.05, 4.69) is 44.3 Å². The summed E-state index contributed by atoms with van der Waals surface area (Å²) in [7, 11) is 1.74. The van der Waals surface area contributed by atoms with Crippen LogP contribution in [0.3, 0.4) is 0 Å². The number of rotatable bonds is 5. The molecule has 2 unspecified atom stereocenters. The lowest BCUT2D eigenvalue weighted by Gasteiger charge is -2.20. The first-order chi connectivity index (χ1) is 8.61. The molecule has 2 atom stereocenters. The van der Waals surface area contributed by atoms with Crippen molar-refractivity contribution in [2.45, 2.75) is 39.7 Å². The molecule has 2 nitrogen and oxygen atoms in total. The maximum Gasteiger partial charge on any atom is 0.119 e. The van der Waals surface area contributed by atoms with Gasteiger partial charge in [0.15, 0.2) is 0 Å². The lowest BCUT2D eigenvalue weighted by molar-refractivity contribution is 0.367. The van der Waals surface area contributed by atoms with Gasteiger partial charge in [-0.1, -0.05) is 26.8 Å². The first-order valence-corrected chi connectivity index (χ1v) is 7.02. The predicted molar refractivity (Wildman–Crippen MR) is 76.1 cm³/mol. The third-order valence-corrected chi connectivity index (χ3v) is 4.26. The fraction of sp³-hybridized carbons (Fsp3) is 0.625. The number of hydrogen-bond donors (Lipinski definition) is 1. The lowest BCUT2D eigenvalue weighted by atomic mass is 9.97. The molecule has 1 aromatic rings. The third kappa shape index (κ3) is 2.86. The van der Waals surface area contributed by atoms with E-state index < -0.39 is 0 Å². The van der Waals surface area contributed by atoms with Gasteiger partial charge in [-0.3, -0.25) is 0 Å². The SMILES string of the molecule is COc1ccc2c(c1)C(NCC(C)C(C)C)CC2. The fourth-order valence-electron chi connectivity index (χ4n) is 2.48. The number of benzene rings is 1. The zero-order chi connectivity index (χ0) is 13.1. The maximum atomic E-state index is 5.32. The molecule has 0 aliphatic heterocycles. The molecule has 2 heteroatoms. The van der Waals surface area contributed by atoms with Gasteiger partial charge < -0.3 is 10.1 Å². The predicted octanol–water partition coefficient (Wildman–Crippen LogP) is 3.56. The molecular formula is C16H25NO. The Labute approximate surface area is 111 Å². The van der Waals surface area contributed by atoms with E-state index in [1.165, 1.54) is 24.0 Å². The van der Waals surface area contributed by atoms with E-state index in [0.29, 0.717) is 6.04 Å². The standard InChI is InChI=1S/C16H25NO/c1-11(2)12(3)10-17-16-8-6-13-5-7-14(18-4)9-15(13)16/h5,7,9,11-12,16-17H,6,8,10H2,1-4H3. The molecule has 1 aliphatic carbocycles. The van der Waals surface area contributed by atoms with E-state index >= 15 is 0 Å². The number of ether oxygens (including phenoxy) is 1. The summed E-state index contributed by atoms with van der Waals surface area (Å²) >= 11 is 0. The summed E-state index contributed by atoms with van der Waals surface area (Å²) in [4.78, 5) is 0. The quantitative estimate of drug-likeness (QED) is 0.859. The van der Waals surface area contributed by atoms with Crippen LogP contribution in [0, 0.1) is 11.8 Å². The van der Waals surface area contributed by atoms with Crippen molar-refractivity contribution >= 4 is 0 Å². The Morgan fingerprint density at radius 1 is 1.33 bits per heavy atom. The van der Waals surface area contributed by atoms with E-state index in [1.807, 2.05) is 0 Å². The topological polar surface area (TPSA) is 21.3 Å². The Morgan fingerprint density at radius 2 is 2.11 bits per heavy atom. The normalized spacial score (nSPS) is 19.9. The van der Waals surface area contributed by atoms with Crippen molar-refractivity contribution in [1.29, 1.82) is 0 Å². The van der Waals surface area contributed by atoms with Crippen LogP contribution in [0.2, 0.25) is 0 Å². The Hall–Kier alpha value is -1.02. The van der Waals surface area contributed by atoms with Crippen LogP contribution in [0.4, 0.5) is 0 Å². The van der Waals surface area contributed by atoms with Gasteiger partial charge in [-0.05, 0) is 54.5 Å². The monoisotopic (exact) mass is 247 g/mol. The summed E-state index contributed by atoms with van der Waals surface area (Å²) in [5.74, 6) is 2.43. The molecule has 0 amide bonds. The molecule has 0 bridgehead atoms. The van der Waals surface area contributed by atoms with E-state index in [4.69, 9.17) is 4.74 Å². The lowest BCUT2D eigenvalue weighted by Crippen LogP contribution is -2.27. The molecule has 0 radical (unpaired) electrons. The van der Waals surface area contributed by atoms with E-state index in [9.17, 15) is 0 Å². The van der Waals surface area contributed by atoms with Crippen molar-refractivity contribution in [2.75, 3.05) is 13.7 Å². The Morgan fingerprint density at radius 3 is 2.78 bits per heavy atom. The number of nitrogens with one attached hydrogen (secondary N) is 1. The van der Waals surface area contributed by atoms with Crippen molar-refractivity contribution in [2.24, 2.45) is 11.8 Å². The van der Waals surface area contributed by atoms with Crippen molar-refractivity contribution in [1.82, 2.24) is 5.32 Å². The van der Waals surface area contributed by atoms with Gasteiger partial charge in [0, 0.05) is 6.04 Å².